The molecule has 0 radical (unpaired) electrons. The largest absolute Gasteiger partial charge is 0.478 e. The van der Waals surface area contributed by atoms with Crippen LogP contribution in [0, 0.1) is 0 Å². The van der Waals surface area contributed by atoms with E-state index in [-0.39, 0.29) is 5.11 Å². The molecule has 0 atom stereocenters. The smallest absolute Gasteiger partial charge is 0.260 e. The van der Waals surface area contributed by atoms with Crippen molar-refractivity contribution >= 4 is 23.2 Å². The van der Waals surface area contributed by atoms with Crippen molar-refractivity contribution in [2.24, 2.45) is 16.6 Å². The number of nitrogens with zero attached hydrogens (tertiary/aromatic N) is 3. The number of amidine groups is 1. The molecule has 2 rings (SSSR count). The predicted molar refractivity (Wildman–Crippen MR) is 80.7 cm³/mol. The molecule has 20 heavy (non-hydrogen) atoms. The van der Waals surface area contributed by atoms with Crippen molar-refractivity contribution in [2.75, 3.05) is 14.2 Å². The summed E-state index contributed by atoms with van der Waals surface area (Å²) in [5.74, 6) is 7.20. The highest BCUT2D eigenvalue weighted by molar-refractivity contribution is 7.80. The lowest BCUT2D eigenvalue weighted by molar-refractivity contribution is 0.201. The Morgan fingerprint density at radius 2 is 2.05 bits per heavy atom. The number of nitrogens with two attached hydrogens (primary N) is 2. The van der Waals surface area contributed by atoms with E-state index in [0.717, 1.165) is 10.6 Å². The van der Waals surface area contributed by atoms with Crippen molar-refractivity contribution in [3.63, 3.8) is 0 Å². The first-order valence-corrected chi connectivity index (χ1v) is 6.22. The maximum atomic E-state index is 5.81. The molecule has 1 aliphatic rings. The number of aliphatic imine (C=N–C) groups is 1. The number of nitrogens with one attached hydrogen (secondary N) is 1. The van der Waals surface area contributed by atoms with E-state index in [9.17, 15) is 0 Å². The van der Waals surface area contributed by atoms with E-state index in [1.54, 1.807) is 12.1 Å². The summed E-state index contributed by atoms with van der Waals surface area (Å²) in [6, 6.07) is 9.66. The molecule has 1 aliphatic heterocycles. The molecule has 1 aromatic rings. The summed E-state index contributed by atoms with van der Waals surface area (Å²) in [5.41, 5.74) is 9.55. The predicted octanol–water partition coefficient (Wildman–Crippen LogP) is 0.0755. The van der Waals surface area contributed by atoms with Crippen molar-refractivity contribution in [1.82, 2.24) is 15.4 Å². The zero-order valence-corrected chi connectivity index (χ0v) is 12.0. The number of hydrazine groups is 2. The zero-order valence-electron chi connectivity index (χ0n) is 11.2. The zero-order chi connectivity index (χ0) is 14.7. The second kappa shape index (κ2) is 5.76. The summed E-state index contributed by atoms with van der Waals surface area (Å²) in [5, 5.41) is 2.79. The van der Waals surface area contributed by atoms with E-state index < -0.39 is 0 Å². The minimum Gasteiger partial charge on any atom is -0.478 e. The highest BCUT2D eigenvalue weighted by Gasteiger charge is 2.25. The monoisotopic (exact) mass is 292 g/mol. The normalized spacial score (nSPS) is 14.6. The van der Waals surface area contributed by atoms with Gasteiger partial charge in [-0.2, -0.15) is 4.99 Å². The van der Waals surface area contributed by atoms with Gasteiger partial charge in [-0.3, -0.25) is 10.4 Å². The van der Waals surface area contributed by atoms with E-state index in [0.29, 0.717) is 17.5 Å². The molecule has 7 nitrogen and oxygen atoms in total. The Labute approximate surface area is 122 Å². The fraction of sp³-hybridized carbons (Fsp3) is 0.167. The molecule has 1 aromatic carbocycles. The summed E-state index contributed by atoms with van der Waals surface area (Å²) >= 11 is 4.86. The quantitative estimate of drug-likeness (QED) is 0.412. The second-order valence-corrected chi connectivity index (χ2v) is 4.46. The molecule has 0 saturated heterocycles. The summed E-state index contributed by atoms with van der Waals surface area (Å²) < 4.78 is 5.27. The minimum atomic E-state index is 0.0153. The van der Waals surface area contributed by atoms with Gasteiger partial charge in [0.1, 0.15) is 0 Å². The first-order valence-electron chi connectivity index (χ1n) is 5.81. The highest BCUT2D eigenvalue weighted by atomic mass is 32.1. The van der Waals surface area contributed by atoms with E-state index in [1.165, 1.54) is 7.11 Å². The van der Waals surface area contributed by atoms with Gasteiger partial charge in [0.05, 0.1) is 7.11 Å². The molecule has 1 heterocycles. The molecule has 0 spiro atoms. The van der Waals surface area contributed by atoms with Gasteiger partial charge in [-0.25, -0.2) is 10.9 Å². The van der Waals surface area contributed by atoms with Gasteiger partial charge in [0, 0.05) is 12.6 Å². The van der Waals surface area contributed by atoms with Crippen LogP contribution in [0.2, 0.25) is 0 Å². The van der Waals surface area contributed by atoms with E-state index in [2.05, 4.69) is 10.4 Å². The molecule has 8 heteroatoms. The summed E-state index contributed by atoms with van der Waals surface area (Å²) in [4.78, 5) is 4.39. The van der Waals surface area contributed by atoms with Crippen LogP contribution >= 0.6 is 12.2 Å². The van der Waals surface area contributed by atoms with E-state index in [1.807, 2.05) is 30.3 Å². The summed E-state index contributed by atoms with van der Waals surface area (Å²) in [6.45, 7) is 0. The van der Waals surface area contributed by atoms with E-state index in [4.69, 9.17) is 28.5 Å². The van der Waals surface area contributed by atoms with Crippen molar-refractivity contribution in [3.8, 4) is 0 Å². The average molecular weight is 292 g/mol. The Balaban J connectivity index is 2.45. The molecular weight excluding hydrogens is 276 g/mol. The van der Waals surface area contributed by atoms with Gasteiger partial charge in [0.2, 0.25) is 5.82 Å². The second-order valence-electron chi connectivity index (χ2n) is 4.04. The average Bonchev–Trinajstić information content (AvgIpc) is 2.46. The van der Waals surface area contributed by atoms with Gasteiger partial charge in [-0.1, -0.05) is 30.3 Å². The van der Waals surface area contributed by atoms with Crippen molar-refractivity contribution in [1.29, 1.82) is 0 Å². The Bertz CT molecular complexity index is 571. The molecular formula is C12H16N6OS. The maximum Gasteiger partial charge on any atom is 0.260 e. The number of benzene rings is 1. The number of hydrogen-bond acceptors (Lipinski definition) is 6. The number of rotatable bonds is 3. The number of methoxy groups -OCH3 is 1. The fourth-order valence-corrected chi connectivity index (χ4v) is 1.85. The van der Waals surface area contributed by atoms with Gasteiger partial charge < -0.3 is 10.5 Å². The topological polar surface area (TPSA) is 92.1 Å². The van der Waals surface area contributed by atoms with Crippen LogP contribution in [0.4, 0.5) is 0 Å². The molecule has 106 valence electrons. The van der Waals surface area contributed by atoms with Crippen molar-refractivity contribution in [3.05, 3.63) is 47.6 Å². The van der Waals surface area contributed by atoms with Crippen LogP contribution in [0.5, 0.6) is 0 Å². The Kier molecular flexibility index (Phi) is 4.06. The van der Waals surface area contributed by atoms with Crippen LogP contribution in [0.3, 0.4) is 0 Å². The molecule has 0 unspecified atom stereocenters. The van der Waals surface area contributed by atoms with E-state index >= 15 is 0 Å². The minimum absolute atomic E-state index is 0.0153. The van der Waals surface area contributed by atoms with Gasteiger partial charge in [-0.05, 0) is 12.2 Å². The number of hydrogen-bond donors (Lipinski definition) is 3. The van der Waals surface area contributed by atoms with Gasteiger partial charge >= 0.3 is 0 Å². The van der Waals surface area contributed by atoms with Crippen LogP contribution in [0.15, 0.2) is 47.0 Å². The van der Waals surface area contributed by atoms with Crippen LogP contribution in [-0.2, 0) is 4.74 Å². The third-order valence-electron chi connectivity index (χ3n) is 2.70. The first kappa shape index (κ1) is 14.1. The molecule has 0 fully saturated rings. The highest BCUT2D eigenvalue weighted by Crippen LogP contribution is 2.18. The molecule has 0 saturated carbocycles. The number of thiocarbonyl (C=S) groups is 1. The molecule has 0 amide bonds. The summed E-state index contributed by atoms with van der Waals surface area (Å²) in [6.07, 6.45) is 0. The molecule has 0 aliphatic carbocycles. The lowest BCUT2D eigenvalue weighted by atomic mass is 10.2. The van der Waals surface area contributed by atoms with Gasteiger partial charge in [0.15, 0.2) is 10.9 Å². The first-order chi connectivity index (χ1) is 9.54. The van der Waals surface area contributed by atoms with Crippen LogP contribution in [0.1, 0.15) is 5.56 Å². The Hall–Kier alpha value is -2.32. The Morgan fingerprint density at radius 1 is 1.40 bits per heavy atom. The summed E-state index contributed by atoms with van der Waals surface area (Å²) in [7, 11) is 3.28. The number of ether oxygens (including phenoxy) is 1. The maximum absolute atomic E-state index is 5.81. The van der Waals surface area contributed by atoms with Gasteiger partial charge in [-0.15, -0.1) is 0 Å². The Morgan fingerprint density at radius 3 is 2.60 bits per heavy atom. The molecule has 0 aromatic heterocycles. The standard InChI is InChI=1S/C12H16N6OS/c1-17-11(18(14)12(13)20)10(19-2)15-9(16-17)8-6-4-3-5-7-8/h3-7H,14H2,1-2H3,(H2,13,20)(H,15,16). The lowest BCUT2D eigenvalue weighted by Crippen LogP contribution is -2.52. The molecule has 0 bridgehead atoms. The van der Waals surface area contributed by atoms with Gasteiger partial charge in [0.25, 0.3) is 5.88 Å². The van der Waals surface area contributed by atoms with Crippen molar-refractivity contribution in [2.45, 2.75) is 0 Å². The fourth-order valence-electron chi connectivity index (χ4n) is 1.76. The van der Waals surface area contributed by atoms with Crippen LogP contribution < -0.4 is 17.0 Å². The third-order valence-corrected chi connectivity index (χ3v) is 2.90. The van der Waals surface area contributed by atoms with Crippen LogP contribution in [-0.4, -0.2) is 35.1 Å². The molecule has 5 N–H and O–H groups in total. The SMILES string of the molecule is COC1=C(N(N)C(N)=S)N(C)NC(c2ccccc2)=N1. The lowest BCUT2D eigenvalue weighted by Gasteiger charge is -2.33. The third kappa shape index (κ3) is 2.65. The van der Waals surface area contributed by atoms with Crippen LogP contribution in [0.25, 0.3) is 0 Å². The van der Waals surface area contributed by atoms with Crippen molar-refractivity contribution < 1.29 is 4.74 Å².